The molecule has 0 saturated heterocycles. The van der Waals surface area contributed by atoms with E-state index < -0.39 is 0 Å². The molecule has 0 radical (unpaired) electrons. The van der Waals surface area contributed by atoms with Crippen molar-refractivity contribution < 1.29 is 4.74 Å². The van der Waals surface area contributed by atoms with Gasteiger partial charge >= 0.3 is 0 Å². The minimum atomic E-state index is -0.0825. The Balaban J connectivity index is 1.40. The van der Waals surface area contributed by atoms with Crippen molar-refractivity contribution in [3.63, 3.8) is 0 Å². The first-order valence-electron chi connectivity index (χ1n) is 10.5. The Hall–Kier alpha value is -3.12. The maximum absolute atomic E-state index is 12.9. The number of para-hydroxylation sites is 1. The molecule has 3 aromatic rings. The Kier molecular flexibility index (Phi) is 5.01. The van der Waals surface area contributed by atoms with Crippen LogP contribution >= 0.6 is 0 Å². The highest BCUT2D eigenvalue weighted by Gasteiger charge is 2.29. The lowest BCUT2D eigenvalue weighted by molar-refractivity contribution is 0.239. The van der Waals surface area contributed by atoms with Gasteiger partial charge in [0.2, 0.25) is 5.95 Å². The van der Waals surface area contributed by atoms with E-state index in [1.54, 1.807) is 7.11 Å². The smallest absolute Gasteiger partial charge is 0.279 e. The summed E-state index contributed by atoms with van der Waals surface area (Å²) in [6, 6.07) is 18.5. The van der Waals surface area contributed by atoms with Crippen LogP contribution in [0.15, 0.2) is 59.4 Å². The number of hydrogen-bond acceptors (Lipinski definition) is 5. The van der Waals surface area contributed by atoms with Gasteiger partial charge in [-0.2, -0.15) is 4.98 Å². The van der Waals surface area contributed by atoms with Crippen molar-refractivity contribution in [1.82, 2.24) is 14.5 Å². The number of fused-ring (bicyclic) bond motifs is 3. The van der Waals surface area contributed by atoms with Crippen LogP contribution in [0.1, 0.15) is 22.4 Å². The summed E-state index contributed by atoms with van der Waals surface area (Å²) in [5.74, 6) is 1.66. The maximum Gasteiger partial charge on any atom is 0.279 e. The number of methoxy groups -OCH3 is 1. The predicted molar refractivity (Wildman–Crippen MR) is 117 cm³/mol. The van der Waals surface area contributed by atoms with Gasteiger partial charge in [0.05, 0.1) is 12.7 Å². The van der Waals surface area contributed by atoms with E-state index in [0.29, 0.717) is 13.1 Å². The first-order valence-corrected chi connectivity index (χ1v) is 10.5. The summed E-state index contributed by atoms with van der Waals surface area (Å²) in [6.45, 7) is 4.91. The zero-order valence-electron chi connectivity index (χ0n) is 17.3. The first-order chi connectivity index (χ1) is 14.7. The van der Waals surface area contributed by atoms with Gasteiger partial charge in [0.1, 0.15) is 5.75 Å². The Bertz CT molecular complexity index is 1110. The standard InChI is InChI=1S/C24H26N4O2/c1-30-22-10-6-5-9-19(22)16-27-13-14-28-21-11-12-26(15-18-7-3-2-4-8-18)17-20(21)23(29)25-24(27)28/h2-10H,11-17H2,1H3. The molecule has 30 heavy (non-hydrogen) atoms. The van der Waals surface area contributed by atoms with Gasteiger partial charge in [0, 0.05) is 56.9 Å². The van der Waals surface area contributed by atoms with Crippen molar-refractivity contribution in [2.24, 2.45) is 0 Å². The van der Waals surface area contributed by atoms with Crippen molar-refractivity contribution in [3.8, 4) is 5.75 Å². The summed E-state index contributed by atoms with van der Waals surface area (Å²) in [6.07, 6.45) is 0.884. The predicted octanol–water partition coefficient (Wildman–Crippen LogP) is 2.83. The van der Waals surface area contributed by atoms with Gasteiger partial charge in [-0.3, -0.25) is 9.69 Å². The van der Waals surface area contributed by atoms with Crippen LogP contribution < -0.4 is 15.2 Å². The second-order valence-corrected chi connectivity index (χ2v) is 7.97. The van der Waals surface area contributed by atoms with Gasteiger partial charge in [0.25, 0.3) is 5.56 Å². The quantitative estimate of drug-likeness (QED) is 0.657. The van der Waals surface area contributed by atoms with E-state index in [4.69, 9.17) is 4.74 Å². The van der Waals surface area contributed by atoms with Crippen LogP contribution in [-0.4, -0.2) is 34.7 Å². The van der Waals surface area contributed by atoms with Gasteiger partial charge < -0.3 is 14.2 Å². The van der Waals surface area contributed by atoms with Crippen LogP contribution in [0.2, 0.25) is 0 Å². The van der Waals surface area contributed by atoms with E-state index in [1.165, 1.54) is 5.56 Å². The number of benzene rings is 2. The lowest BCUT2D eigenvalue weighted by atomic mass is 10.1. The third kappa shape index (κ3) is 3.48. The number of anilines is 1. The van der Waals surface area contributed by atoms with Crippen molar-refractivity contribution in [2.45, 2.75) is 32.6 Å². The molecule has 0 atom stereocenters. The molecule has 0 saturated carbocycles. The van der Waals surface area contributed by atoms with Crippen LogP contribution in [0.4, 0.5) is 5.95 Å². The molecule has 3 heterocycles. The Morgan fingerprint density at radius 2 is 1.77 bits per heavy atom. The number of rotatable bonds is 5. The van der Waals surface area contributed by atoms with Crippen LogP contribution in [0.5, 0.6) is 5.75 Å². The maximum atomic E-state index is 12.9. The minimum Gasteiger partial charge on any atom is -0.496 e. The molecule has 0 spiro atoms. The molecule has 2 aliphatic rings. The topological polar surface area (TPSA) is 50.6 Å². The zero-order valence-corrected chi connectivity index (χ0v) is 17.3. The highest BCUT2D eigenvalue weighted by molar-refractivity contribution is 5.43. The van der Waals surface area contributed by atoms with Gasteiger partial charge in [-0.05, 0) is 11.6 Å². The second kappa shape index (κ2) is 7.95. The molecule has 0 aliphatic carbocycles. The molecule has 6 heteroatoms. The second-order valence-electron chi connectivity index (χ2n) is 7.97. The van der Waals surface area contributed by atoms with Crippen LogP contribution in [-0.2, 0) is 32.6 Å². The molecule has 6 nitrogen and oxygen atoms in total. The van der Waals surface area contributed by atoms with Gasteiger partial charge in [-0.25, -0.2) is 0 Å². The van der Waals surface area contributed by atoms with Crippen molar-refractivity contribution in [1.29, 1.82) is 0 Å². The summed E-state index contributed by atoms with van der Waals surface area (Å²) in [5, 5.41) is 0. The van der Waals surface area contributed by atoms with E-state index in [1.807, 2.05) is 24.3 Å². The summed E-state index contributed by atoms with van der Waals surface area (Å²) in [7, 11) is 1.69. The van der Waals surface area contributed by atoms with Crippen molar-refractivity contribution >= 4 is 5.95 Å². The molecule has 2 aliphatic heterocycles. The third-order valence-electron chi connectivity index (χ3n) is 6.10. The van der Waals surface area contributed by atoms with Crippen LogP contribution in [0, 0.1) is 0 Å². The summed E-state index contributed by atoms with van der Waals surface area (Å²) < 4.78 is 7.75. The monoisotopic (exact) mass is 402 g/mol. The highest BCUT2D eigenvalue weighted by Crippen LogP contribution is 2.28. The van der Waals surface area contributed by atoms with E-state index in [0.717, 1.165) is 61.1 Å². The van der Waals surface area contributed by atoms with E-state index in [-0.39, 0.29) is 5.56 Å². The summed E-state index contributed by atoms with van der Waals surface area (Å²) in [4.78, 5) is 22.0. The Morgan fingerprint density at radius 1 is 0.967 bits per heavy atom. The fourth-order valence-corrected chi connectivity index (χ4v) is 4.60. The molecule has 154 valence electrons. The number of aromatic nitrogens is 2. The van der Waals surface area contributed by atoms with Crippen molar-refractivity contribution in [2.75, 3.05) is 25.1 Å². The molecule has 5 rings (SSSR count). The molecular formula is C24H26N4O2. The van der Waals surface area contributed by atoms with Gasteiger partial charge in [0.15, 0.2) is 0 Å². The molecule has 0 unspecified atom stereocenters. The average molecular weight is 402 g/mol. The molecule has 1 aromatic heterocycles. The molecule has 0 bridgehead atoms. The third-order valence-corrected chi connectivity index (χ3v) is 6.10. The van der Waals surface area contributed by atoms with Crippen LogP contribution in [0.25, 0.3) is 0 Å². The fourth-order valence-electron chi connectivity index (χ4n) is 4.60. The highest BCUT2D eigenvalue weighted by atomic mass is 16.5. The number of hydrogen-bond donors (Lipinski definition) is 0. The van der Waals surface area contributed by atoms with E-state index in [9.17, 15) is 4.79 Å². The number of nitrogens with zero attached hydrogens (tertiary/aromatic N) is 4. The average Bonchev–Trinajstić information content (AvgIpc) is 3.17. The lowest BCUT2D eigenvalue weighted by Gasteiger charge is -2.30. The molecular weight excluding hydrogens is 376 g/mol. The SMILES string of the molecule is COc1ccccc1CN1CCn2c1nc(=O)c1c2CCN(Cc2ccccc2)C1. The molecule has 0 N–H and O–H groups in total. The van der Waals surface area contributed by atoms with Gasteiger partial charge in [-0.1, -0.05) is 48.5 Å². The number of ether oxygens (including phenoxy) is 1. The van der Waals surface area contributed by atoms with Gasteiger partial charge in [-0.15, -0.1) is 0 Å². The van der Waals surface area contributed by atoms with E-state index in [2.05, 4.69) is 49.7 Å². The summed E-state index contributed by atoms with van der Waals surface area (Å²) in [5.41, 5.74) is 4.32. The zero-order chi connectivity index (χ0) is 20.5. The fraction of sp³-hybridized carbons (Fsp3) is 0.333. The lowest BCUT2D eigenvalue weighted by Crippen LogP contribution is -2.37. The van der Waals surface area contributed by atoms with Crippen molar-refractivity contribution in [3.05, 3.63) is 87.3 Å². The molecule has 0 amide bonds. The van der Waals surface area contributed by atoms with E-state index >= 15 is 0 Å². The van der Waals surface area contributed by atoms with Crippen LogP contribution in [0.3, 0.4) is 0 Å². The Labute approximate surface area is 176 Å². The largest absolute Gasteiger partial charge is 0.496 e. The first kappa shape index (κ1) is 18.9. The normalized spacial score (nSPS) is 15.7. The molecule has 2 aromatic carbocycles. The minimum absolute atomic E-state index is 0.0825. The molecule has 0 fully saturated rings. The Morgan fingerprint density at radius 3 is 2.60 bits per heavy atom. The summed E-state index contributed by atoms with van der Waals surface area (Å²) >= 11 is 0.